The molecule has 0 spiro atoms. The van der Waals surface area contributed by atoms with Crippen molar-refractivity contribution in [3.05, 3.63) is 29.8 Å². The highest BCUT2D eigenvalue weighted by atomic mass is 16.3. The third-order valence-electron chi connectivity index (χ3n) is 4.29. The average molecular weight is 321 g/mol. The fraction of sp³-hybridized carbons (Fsp3) is 0.667. The minimum Gasteiger partial charge on any atom is -0.508 e. The van der Waals surface area contributed by atoms with E-state index in [4.69, 9.17) is 4.79 Å². The van der Waals surface area contributed by atoms with Crippen molar-refractivity contribution in [3.8, 4) is 5.75 Å². The highest BCUT2D eigenvalue weighted by molar-refractivity contribution is 5.31. The Morgan fingerprint density at radius 1 is 0.739 bits per heavy atom. The summed E-state index contributed by atoms with van der Waals surface area (Å²) < 4.78 is 0. The van der Waals surface area contributed by atoms with Crippen LogP contribution in [0.2, 0.25) is 0 Å². The lowest BCUT2D eigenvalue weighted by Crippen LogP contribution is -1.87. The van der Waals surface area contributed by atoms with Crippen molar-refractivity contribution in [1.82, 2.24) is 0 Å². The minimum absolute atomic E-state index is 0.459. The Kier molecular flexibility index (Phi) is 16.1. The number of aromatic hydroxyl groups is 1. The summed E-state index contributed by atoms with van der Waals surface area (Å²) in [5, 5.41) is 9.69. The second-order valence-corrected chi connectivity index (χ2v) is 6.27. The van der Waals surface area contributed by atoms with Gasteiger partial charge in [0.1, 0.15) is 12.5 Å². The van der Waals surface area contributed by atoms with Gasteiger partial charge in [-0.25, -0.2) is 0 Å². The number of carbonyl (C=O) groups excluding carboxylic acids is 1. The van der Waals surface area contributed by atoms with E-state index in [2.05, 4.69) is 6.92 Å². The van der Waals surface area contributed by atoms with E-state index >= 15 is 0 Å². The lowest BCUT2D eigenvalue weighted by Gasteiger charge is -2.04. The van der Waals surface area contributed by atoms with Gasteiger partial charge in [0.25, 0.3) is 0 Å². The first-order chi connectivity index (χ1) is 11.3. The van der Waals surface area contributed by atoms with Crippen molar-refractivity contribution in [2.75, 3.05) is 0 Å². The third-order valence-corrected chi connectivity index (χ3v) is 4.29. The number of aryl methyl sites for hydroxylation is 1. The second kappa shape index (κ2) is 17.1. The molecule has 0 saturated heterocycles. The first-order valence-corrected chi connectivity index (χ1v) is 9.40. The van der Waals surface area contributed by atoms with Crippen molar-refractivity contribution in [3.63, 3.8) is 0 Å². The predicted molar refractivity (Wildman–Crippen MR) is 100 cm³/mol. The van der Waals surface area contributed by atoms with Crippen molar-refractivity contribution < 1.29 is 9.90 Å². The van der Waals surface area contributed by atoms with Gasteiger partial charge < -0.3 is 9.90 Å². The molecule has 132 valence electrons. The van der Waals surface area contributed by atoms with Gasteiger partial charge in [-0.15, -0.1) is 0 Å². The van der Waals surface area contributed by atoms with Crippen LogP contribution in [0.25, 0.3) is 0 Å². The molecule has 0 fully saturated rings. The molecule has 1 rings (SSSR count). The quantitative estimate of drug-likeness (QED) is 0.424. The van der Waals surface area contributed by atoms with E-state index < -0.39 is 0 Å². The van der Waals surface area contributed by atoms with Gasteiger partial charge in [-0.1, -0.05) is 95.8 Å². The maximum absolute atomic E-state index is 9.69. The van der Waals surface area contributed by atoms with Crippen LogP contribution in [0.3, 0.4) is 0 Å². The van der Waals surface area contributed by atoms with Crippen LogP contribution in [0.1, 0.15) is 89.5 Å². The molecule has 0 amide bonds. The monoisotopic (exact) mass is 320 g/mol. The van der Waals surface area contributed by atoms with Gasteiger partial charge in [0, 0.05) is 0 Å². The van der Waals surface area contributed by atoms with Crippen LogP contribution >= 0.6 is 0 Å². The second-order valence-electron chi connectivity index (χ2n) is 6.27. The van der Waals surface area contributed by atoms with Crippen molar-refractivity contribution in [2.45, 2.75) is 90.4 Å². The molecule has 0 atom stereocenters. The topological polar surface area (TPSA) is 37.3 Å². The number of hydrogen-bond donors (Lipinski definition) is 1. The summed E-state index contributed by atoms with van der Waals surface area (Å²) in [4.78, 5) is 8.00. The van der Waals surface area contributed by atoms with Crippen molar-refractivity contribution in [2.24, 2.45) is 0 Å². The average Bonchev–Trinajstić information content (AvgIpc) is 2.59. The summed E-state index contributed by atoms with van der Waals surface area (Å²) in [7, 11) is 0. The molecule has 2 heteroatoms. The Bertz CT molecular complexity index is 363. The van der Waals surface area contributed by atoms with Crippen LogP contribution in [0, 0.1) is 0 Å². The highest BCUT2D eigenvalue weighted by Crippen LogP contribution is 2.19. The Hall–Kier alpha value is -1.31. The maximum atomic E-state index is 9.69. The van der Waals surface area contributed by atoms with E-state index in [1.807, 2.05) is 25.0 Å². The van der Waals surface area contributed by atoms with Crippen LogP contribution < -0.4 is 0 Å². The molecule has 0 unspecified atom stereocenters. The molecule has 23 heavy (non-hydrogen) atoms. The van der Waals surface area contributed by atoms with Gasteiger partial charge in [0.2, 0.25) is 0 Å². The molecule has 0 aliphatic carbocycles. The van der Waals surface area contributed by atoms with Gasteiger partial charge in [0.15, 0.2) is 0 Å². The molecule has 0 aliphatic rings. The molecule has 2 nitrogen and oxygen atoms in total. The third kappa shape index (κ3) is 12.9. The summed E-state index contributed by atoms with van der Waals surface area (Å²) >= 11 is 0. The Morgan fingerprint density at radius 2 is 1.17 bits per heavy atom. The Morgan fingerprint density at radius 3 is 1.65 bits per heavy atom. The summed E-state index contributed by atoms with van der Waals surface area (Å²) in [6.45, 7) is 4.28. The molecule has 0 aliphatic heterocycles. The van der Waals surface area contributed by atoms with Crippen molar-refractivity contribution in [1.29, 1.82) is 0 Å². The first-order valence-electron chi connectivity index (χ1n) is 9.40. The molecule has 0 aromatic heterocycles. The maximum Gasteiger partial charge on any atom is 0.118 e. The number of phenolic OH excluding ortho intramolecular Hbond substituents is 1. The van der Waals surface area contributed by atoms with E-state index in [0.717, 1.165) is 12.0 Å². The fourth-order valence-corrected chi connectivity index (χ4v) is 2.88. The van der Waals surface area contributed by atoms with Crippen LogP contribution in [-0.4, -0.2) is 11.9 Å². The Labute approximate surface area is 143 Å². The summed E-state index contributed by atoms with van der Waals surface area (Å²) in [6.07, 6.45) is 17.6. The number of rotatable bonds is 13. The summed E-state index contributed by atoms with van der Waals surface area (Å²) in [6, 6.07) is 7.72. The number of unbranched alkanes of at least 4 members (excludes halogenated alkanes) is 11. The molecule has 0 radical (unpaired) electrons. The summed E-state index contributed by atoms with van der Waals surface area (Å²) in [5.41, 5.74) is 1.10. The fourth-order valence-electron chi connectivity index (χ4n) is 2.88. The molecule has 1 aromatic rings. The zero-order valence-electron chi connectivity index (χ0n) is 15.1. The van der Waals surface area contributed by atoms with E-state index in [-0.39, 0.29) is 0 Å². The zero-order chi connectivity index (χ0) is 17.2. The molecule has 1 N–H and O–H groups in total. The molecule has 0 heterocycles. The van der Waals surface area contributed by atoms with Gasteiger partial charge in [0.05, 0.1) is 0 Å². The molecule has 0 bridgehead atoms. The largest absolute Gasteiger partial charge is 0.508 e. The smallest absolute Gasteiger partial charge is 0.118 e. The van der Waals surface area contributed by atoms with Gasteiger partial charge >= 0.3 is 0 Å². The van der Waals surface area contributed by atoms with Gasteiger partial charge in [-0.2, -0.15) is 0 Å². The number of benzene rings is 1. The number of hydrogen-bond acceptors (Lipinski definition) is 2. The van der Waals surface area contributed by atoms with Crippen LogP contribution in [0.5, 0.6) is 5.75 Å². The Balaban J connectivity index is 0.00000232. The van der Waals surface area contributed by atoms with Crippen LogP contribution in [0.4, 0.5) is 0 Å². The summed E-state index contributed by atoms with van der Waals surface area (Å²) in [5.74, 6) is 0.459. The molecule has 1 aromatic carbocycles. The van der Waals surface area contributed by atoms with Crippen LogP contribution in [-0.2, 0) is 11.2 Å². The molecular formula is C21H36O2. The van der Waals surface area contributed by atoms with Crippen molar-refractivity contribution >= 4 is 6.79 Å². The number of phenols is 1. The van der Waals surface area contributed by atoms with E-state index in [9.17, 15) is 5.11 Å². The molecule has 0 saturated carbocycles. The number of para-hydroxylation sites is 1. The van der Waals surface area contributed by atoms with E-state index in [0.29, 0.717) is 5.75 Å². The van der Waals surface area contributed by atoms with Gasteiger partial charge in [-0.05, 0) is 24.5 Å². The SMILES string of the molecule is C=O.CCCCCCCCCCCCCCc1ccccc1O. The van der Waals surface area contributed by atoms with Crippen LogP contribution in [0.15, 0.2) is 24.3 Å². The lowest BCUT2D eigenvalue weighted by molar-refractivity contribution is -0.0979. The first kappa shape index (κ1) is 21.7. The normalized spacial score (nSPS) is 10.1. The minimum atomic E-state index is 0.459. The van der Waals surface area contributed by atoms with Gasteiger partial charge in [-0.3, -0.25) is 0 Å². The zero-order valence-corrected chi connectivity index (χ0v) is 15.1. The number of carbonyl (C=O) groups is 1. The lowest BCUT2D eigenvalue weighted by atomic mass is 10.0. The highest BCUT2D eigenvalue weighted by Gasteiger charge is 1.99. The standard InChI is InChI=1S/C20H34O.CH2O/c1-2-3-4-5-6-7-8-9-10-11-12-13-16-19-17-14-15-18-20(19)21;1-2/h14-15,17-18,21H,2-13,16H2,1H3;1H2. The van der Waals surface area contributed by atoms with E-state index in [1.165, 1.54) is 77.0 Å². The van der Waals surface area contributed by atoms with E-state index in [1.54, 1.807) is 6.07 Å². The predicted octanol–water partition coefficient (Wildman–Crippen LogP) is 6.45. The molecular weight excluding hydrogens is 284 g/mol.